The second kappa shape index (κ2) is 4.87. The summed E-state index contributed by atoms with van der Waals surface area (Å²) in [6.07, 6.45) is 4.77. The number of hydrogen-bond donors (Lipinski definition) is 2. The van der Waals surface area contributed by atoms with Gasteiger partial charge in [0.05, 0.1) is 18.3 Å². The van der Waals surface area contributed by atoms with Gasteiger partial charge in [-0.3, -0.25) is 4.79 Å². The Balaban J connectivity index is 1.88. The summed E-state index contributed by atoms with van der Waals surface area (Å²) < 4.78 is 5.31. The van der Waals surface area contributed by atoms with Gasteiger partial charge in [0, 0.05) is 0 Å². The van der Waals surface area contributed by atoms with E-state index >= 15 is 0 Å². The minimum Gasteiger partial charge on any atom is -0.444 e. The van der Waals surface area contributed by atoms with Gasteiger partial charge in [0.25, 0.3) is 0 Å². The Morgan fingerprint density at radius 1 is 1.65 bits per heavy atom. The molecule has 2 rings (SSSR count). The van der Waals surface area contributed by atoms with Crippen molar-refractivity contribution in [3.05, 3.63) is 17.8 Å². The second-order valence-corrected chi connectivity index (χ2v) is 4.76. The fourth-order valence-electron chi connectivity index (χ4n) is 2.08. The fourth-order valence-corrected chi connectivity index (χ4v) is 2.08. The molecule has 17 heavy (non-hydrogen) atoms. The van der Waals surface area contributed by atoms with Crippen LogP contribution in [0.5, 0.6) is 0 Å². The van der Waals surface area contributed by atoms with Gasteiger partial charge in [-0.25, -0.2) is 4.98 Å². The topological polar surface area (TPSA) is 67.2 Å². The monoisotopic (exact) mass is 237 g/mol. The number of carbonyl (C=O) groups excluding carboxylic acids is 1. The first-order valence-electron chi connectivity index (χ1n) is 6.05. The zero-order valence-corrected chi connectivity index (χ0v) is 10.4. The van der Waals surface area contributed by atoms with E-state index in [1.807, 2.05) is 13.8 Å². The fraction of sp³-hybridized carbons (Fsp3) is 0.667. The highest BCUT2D eigenvalue weighted by Gasteiger charge is 2.33. The van der Waals surface area contributed by atoms with Crippen molar-refractivity contribution in [1.29, 1.82) is 0 Å². The van der Waals surface area contributed by atoms with Gasteiger partial charge in [-0.1, -0.05) is 0 Å². The van der Waals surface area contributed by atoms with Gasteiger partial charge in [-0.2, -0.15) is 0 Å². The van der Waals surface area contributed by atoms with Crippen LogP contribution in [0.4, 0.5) is 0 Å². The van der Waals surface area contributed by atoms with Crippen molar-refractivity contribution in [3.8, 4) is 0 Å². The van der Waals surface area contributed by atoms with E-state index in [0.29, 0.717) is 12.4 Å². The van der Waals surface area contributed by atoms with Crippen molar-refractivity contribution in [3.63, 3.8) is 0 Å². The summed E-state index contributed by atoms with van der Waals surface area (Å²) in [6, 6.07) is 0. The van der Waals surface area contributed by atoms with Crippen LogP contribution in [0.25, 0.3) is 0 Å². The van der Waals surface area contributed by atoms with Crippen LogP contribution >= 0.6 is 0 Å². The van der Waals surface area contributed by atoms with Crippen molar-refractivity contribution in [2.24, 2.45) is 0 Å². The Morgan fingerprint density at radius 2 is 2.47 bits per heavy atom. The van der Waals surface area contributed by atoms with E-state index < -0.39 is 5.54 Å². The normalized spacial score (nSPS) is 24.6. The molecule has 0 aromatic carbocycles. The number of aromatic nitrogens is 1. The van der Waals surface area contributed by atoms with Gasteiger partial charge < -0.3 is 15.1 Å². The van der Waals surface area contributed by atoms with E-state index in [-0.39, 0.29) is 5.91 Å². The van der Waals surface area contributed by atoms with E-state index in [1.54, 1.807) is 6.20 Å². The Hall–Kier alpha value is -1.36. The third-order valence-electron chi connectivity index (χ3n) is 3.19. The van der Waals surface area contributed by atoms with Crippen LogP contribution in [-0.4, -0.2) is 23.0 Å². The zero-order chi connectivity index (χ0) is 12.3. The Bertz CT molecular complexity index is 394. The largest absolute Gasteiger partial charge is 0.444 e. The summed E-state index contributed by atoms with van der Waals surface area (Å²) in [5.74, 6) is 1.33. The lowest BCUT2D eigenvalue weighted by molar-refractivity contribution is -0.128. The molecule has 2 heterocycles. The maximum atomic E-state index is 12.1. The summed E-state index contributed by atoms with van der Waals surface area (Å²) in [5, 5.41) is 6.14. The van der Waals surface area contributed by atoms with Crippen LogP contribution in [0.1, 0.15) is 37.8 Å². The molecule has 5 heteroatoms. The maximum absolute atomic E-state index is 12.1. The number of piperidine rings is 1. The number of hydrogen-bond acceptors (Lipinski definition) is 4. The molecule has 1 aromatic rings. The third kappa shape index (κ3) is 2.85. The molecule has 2 N–H and O–H groups in total. The van der Waals surface area contributed by atoms with Gasteiger partial charge in [0.1, 0.15) is 5.76 Å². The van der Waals surface area contributed by atoms with Gasteiger partial charge in [-0.15, -0.1) is 0 Å². The van der Waals surface area contributed by atoms with Gasteiger partial charge in [0.2, 0.25) is 11.8 Å². The minimum atomic E-state index is -0.445. The molecular formula is C12H19N3O2. The van der Waals surface area contributed by atoms with Crippen LogP contribution in [0.2, 0.25) is 0 Å². The standard InChI is InChI=1S/C12H19N3O2/c1-9-7-13-10(17-9)8-14-11(16)12(2)5-3-4-6-15-12/h7,15H,3-6,8H2,1-2H3,(H,14,16). The summed E-state index contributed by atoms with van der Waals surface area (Å²) >= 11 is 0. The van der Waals surface area contributed by atoms with Crippen molar-refractivity contribution in [1.82, 2.24) is 15.6 Å². The van der Waals surface area contributed by atoms with Crippen molar-refractivity contribution in [2.75, 3.05) is 6.54 Å². The molecule has 5 nitrogen and oxygen atoms in total. The highest BCUT2D eigenvalue weighted by atomic mass is 16.4. The molecule has 0 spiro atoms. The lowest BCUT2D eigenvalue weighted by Crippen LogP contribution is -2.56. The number of aryl methyl sites for hydroxylation is 1. The van der Waals surface area contributed by atoms with Crippen LogP contribution in [-0.2, 0) is 11.3 Å². The quantitative estimate of drug-likeness (QED) is 0.827. The van der Waals surface area contributed by atoms with E-state index in [2.05, 4.69) is 15.6 Å². The lowest BCUT2D eigenvalue weighted by Gasteiger charge is -2.33. The molecule has 0 aliphatic carbocycles. The number of carbonyl (C=O) groups is 1. The maximum Gasteiger partial charge on any atom is 0.240 e. The molecular weight excluding hydrogens is 218 g/mol. The summed E-state index contributed by atoms with van der Waals surface area (Å²) in [7, 11) is 0. The van der Waals surface area contributed by atoms with Crippen LogP contribution < -0.4 is 10.6 Å². The first-order chi connectivity index (χ1) is 8.10. The molecule has 0 bridgehead atoms. The first kappa shape index (κ1) is 12.1. The van der Waals surface area contributed by atoms with E-state index in [9.17, 15) is 4.79 Å². The first-order valence-corrected chi connectivity index (χ1v) is 6.05. The highest BCUT2D eigenvalue weighted by Crippen LogP contribution is 2.18. The predicted molar refractivity (Wildman–Crippen MR) is 63.3 cm³/mol. The number of oxazole rings is 1. The average molecular weight is 237 g/mol. The van der Waals surface area contributed by atoms with E-state index in [1.165, 1.54) is 0 Å². The molecule has 0 radical (unpaired) electrons. The molecule has 1 aliphatic heterocycles. The number of nitrogens with zero attached hydrogens (tertiary/aromatic N) is 1. The van der Waals surface area contributed by atoms with Gasteiger partial charge >= 0.3 is 0 Å². The van der Waals surface area contributed by atoms with E-state index in [0.717, 1.165) is 31.6 Å². The summed E-state index contributed by atoms with van der Waals surface area (Å²) in [6.45, 7) is 5.04. The van der Waals surface area contributed by atoms with Crippen LogP contribution in [0.15, 0.2) is 10.6 Å². The zero-order valence-electron chi connectivity index (χ0n) is 10.4. The highest BCUT2D eigenvalue weighted by molar-refractivity contribution is 5.85. The van der Waals surface area contributed by atoms with Crippen LogP contribution in [0.3, 0.4) is 0 Å². The third-order valence-corrected chi connectivity index (χ3v) is 3.19. The number of amides is 1. The van der Waals surface area contributed by atoms with E-state index in [4.69, 9.17) is 4.42 Å². The molecule has 0 saturated carbocycles. The minimum absolute atomic E-state index is 0.0213. The molecule has 1 amide bonds. The van der Waals surface area contributed by atoms with Crippen molar-refractivity contribution >= 4 is 5.91 Å². The molecule has 1 saturated heterocycles. The molecule has 1 unspecified atom stereocenters. The Kier molecular flexibility index (Phi) is 3.47. The molecule has 1 atom stereocenters. The Morgan fingerprint density at radius 3 is 3.06 bits per heavy atom. The summed E-state index contributed by atoms with van der Waals surface area (Å²) in [5.41, 5.74) is -0.445. The molecule has 1 aliphatic rings. The average Bonchev–Trinajstić information content (AvgIpc) is 2.73. The van der Waals surface area contributed by atoms with Gasteiger partial charge in [0.15, 0.2) is 0 Å². The summed E-state index contributed by atoms with van der Waals surface area (Å²) in [4.78, 5) is 16.1. The second-order valence-electron chi connectivity index (χ2n) is 4.76. The lowest BCUT2D eigenvalue weighted by atomic mass is 9.90. The van der Waals surface area contributed by atoms with Crippen molar-refractivity contribution in [2.45, 2.75) is 45.2 Å². The molecule has 1 aromatic heterocycles. The predicted octanol–water partition coefficient (Wildman–Crippen LogP) is 1.13. The van der Waals surface area contributed by atoms with Gasteiger partial charge in [-0.05, 0) is 39.7 Å². The number of rotatable bonds is 3. The van der Waals surface area contributed by atoms with Crippen molar-refractivity contribution < 1.29 is 9.21 Å². The molecule has 94 valence electrons. The molecule has 1 fully saturated rings. The Labute approximate surface area is 101 Å². The SMILES string of the molecule is Cc1cnc(CNC(=O)C2(C)CCCCN2)o1. The smallest absolute Gasteiger partial charge is 0.240 e. The number of nitrogens with one attached hydrogen (secondary N) is 2. The van der Waals surface area contributed by atoms with Crippen LogP contribution in [0, 0.1) is 6.92 Å².